The Kier molecular flexibility index (Phi) is 7.17. The van der Waals surface area contributed by atoms with Crippen molar-refractivity contribution in [3.63, 3.8) is 0 Å². The second kappa shape index (κ2) is 10.2. The van der Waals surface area contributed by atoms with Gasteiger partial charge in [-0.3, -0.25) is 9.59 Å². The van der Waals surface area contributed by atoms with E-state index in [0.29, 0.717) is 28.3 Å². The Morgan fingerprint density at radius 2 is 1.59 bits per heavy atom. The number of rotatable bonds is 7. The molecule has 0 heterocycles. The minimum absolute atomic E-state index is 0.0197. The number of halogens is 1. The number of methoxy groups -OCH3 is 1. The van der Waals surface area contributed by atoms with Gasteiger partial charge in [-0.15, -0.1) is 0 Å². The molecule has 0 saturated carbocycles. The van der Waals surface area contributed by atoms with Crippen molar-refractivity contribution in [3.8, 4) is 5.75 Å². The molecule has 7 nitrogen and oxygen atoms in total. The largest absolute Gasteiger partial charge is 0.495 e. The van der Waals surface area contributed by atoms with Gasteiger partial charge in [0.15, 0.2) is 6.61 Å². The highest BCUT2D eigenvalue weighted by Crippen LogP contribution is 2.24. The maximum absolute atomic E-state index is 13.6. The Balaban J connectivity index is 1.53. The quantitative estimate of drug-likeness (QED) is 0.542. The number of anilines is 2. The van der Waals surface area contributed by atoms with Crippen LogP contribution in [0.3, 0.4) is 0 Å². The van der Waals surface area contributed by atoms with Crippen LogP contribution in [-0.4, -0.2) is 31.5 Å². The molecule has 0 aromatic heterocycles. The van der Waals surface area contributed by atoms with E-state index in [1.54, 1.807) is 55.5 Å². The Bertz CT molecular complexity index is 1150. The van der Waals surface area contributed by atoms with E-state index < -0.39 is 24.3 Å². The van der Waals surface area contributed by atoms with Crippen LogP contribution in [0.15, 0.2) is 66.7 Å². The zero-order chi connectivity index (χ0) is 23.1. The molecule has 0 aliphatic rings. The Morgan fingerprint density at radius 3 is 2.28 bits per heavy atom. The summed E-state index contributed by atoms with van der Waals surface area (Å²) >= 11 is 0. The first kappa shape index (κ1) is 22.5. The van der Waals surface area contributed by atoms with Gasteiger partial charge in [0.25, 0.3) is 11.8 Å². The third-order valence-corrected chi connectivity index (χ3v) is 4.53. The van der Waals surface area contributed by atoms with E-state index in [0.717, 1.165) is 6.07 Å². The highest BCUT2D eigenvalue weighted by atomic mass is 19.1. The number of esters is 1. The molecular weight excluding hydrogens is 415 g/mol. The molecule has 3 rings (SSSR count). The zero-order valence-corrected chi connectivity index (χ0v) is 17.5. The maximum atomic E-state index is 13.6. The summed E-state index contributed by atoms with van der Waals surface area (Å²) in [5.41, 5.74) is 1.75. The van der Waals surface area contributed by atoms with Crippen LogP contribution in [0, 0.1) is 12.7 Å². The molecular formula is C24H21FN2O5. The van der Waals surface area contributed by atoms with Gasteiger partial charge in [0.2, 0.25) is 0 Å². The Morgan fingerprint density at radius 1 is 0.906 bits per heavy atom. The van der Waals surface area contributed by atoms with Crippen molar-refractivity contribution in [2.45, 2.75) is 6.92 Å². The molecule has 32 heavy (non-hydrogen) atoms. The SMILES string of the molecule is COc1ccccc1NC(=O)c1ccc(NC(=O)COC(=O)c2ccc(C)c(F)c2)cc1. The van der Waals surface area contributed by atoms with Gasteiger partial charge in [-0.25, -0.2) is 9.18 Å². The molecule has 2 amide bonds. The second-order valence-electron chi connectivity index (χ2n) is 6.82. The van der Waals surface area contributed by atoms with Gasteiger partial charge < -0.3 is 20.1 Å². The molecule has 3 aromatic rings. The predicted molar refractivity (Wildman–Crippen MR) is 117 cm³/mol. The molecule has 0 aliphatic heterocycles. The monoisotopic (exact) mass is 436 g/mol. The molecule has 0 bridgehead atoms. The first-order chi connectivity index (χ1) is 15.4. The molecule has 164 valence electrons. The fraction of sp³-hybridized carbons (Fsp3) is 0.125. The standard InChI is InChI=1S/C24H21FN2O5/c1-15-7-8-17(13-19(15)25)24(30)32-14-22(28)26-18-11-9-16(10-12-18)23(29)27-20-5-3-4-6-21(20)31-2/h3-13H,14H2,1-2H3,(H,26,28)(H,27,29). The smallest absolute Gasteiger partial charge is 0.338 e. The summed E-state index contributed by atoms with van der Waals surface area (Å²) in [6.07, 6.45) is 0. The van der Waals surface area contributed by atoms with E-state index in [4.69, 9.17) is 9.47 Å². The van der Waals surface area contributed by atoms with Gasteiger partial charge in [0, 0.05) is 11.3 Å². The fourth-order valence-electron chi connectivity index (χ4n) is 2.78. The van der Waals surface area contributed by atoms with Crippen LogP contribution in [0.4, 0.5) is 15.8 Å². The van der Waals surface area contributed by atoms with Crippen molar-refractivity contribution in [2.75, 3.05) is 24.4 Å². The van der Waals surface area contributed by atoms with Crippen LogP contribution < -0.4 is 15.4 Å². The lowest BCUT2D eigenvalue weighted by Crippen LogP contribution is -2.21. The lowest BCUT2D eigenvalue weighted by atomic mass is 10.1. The van der Waals surface area contributed by atoms with E-state index in [9.17, 15) is 18.8 Å². The Hall–Kier alpha value is -4.20. The summed E-state index contributed by atoms with van der Waals surface area (Å²) in [7, 11) is 1.51. The van der Waals surface area contributed by atoms with Crippen LogP contribution in [0.25, 0.3) is 0 Å². The number of hydrogen-bond acceptors (Lipinski definition) is 5. The van der Waals surface area contributed by atoms with Gasteiger partial charge in [-0.2, -0.15) is 0 Å². The normalized spacial score (nSPS) is 10.2. The Labute approximate surface area is 184 Å². The fourth-order valence-corrected chi connectivity index (χ4v) is 2.78. The van der Waals surface area contributed by atoms with Crippen molar-refractivity contribution >= 4 is 29.2 Å². The third-order valence-electron chi connectivity index (χ3n) is 4.53. The molecule has 0 fully saturated rings. The van der Waals surface area contributed by atoms with Crippen molar-refractivity contribution in [3.05, 3.63) is 89.2 Å². The second-order valence-corrected chi connectivity index (χ2v) is 6.82. The minimum atomic E-state index is -0.803. The van der Waals surface area contributed by atoms with Crippen LogP contribution >= 0.6 is 0 Å². The van der Waals surface area contributed by atoms with Gasteiger partial charge in [0.05, 0.1) is 18.4 Å². The summed E-state index contributed by atoms with van der Waals surface area (Å²) in [4.78, 5) is 36.4. The van der Waals surface area contributed by atoms with E-state index >= 15 is 0 Å². The molecule has 0 atom stereocenters. The van der Waals surface area contributed by atoms with Gasteiger partial charge in [-0.05, 0) is 61.0 Å². The number of carbonyl (C=O) groups is 3. The van der Waals surface area contributed by atoms with Crippen molar-refractivity contribution in [2.24, 2.45) is 0 Å². The number of ether oxygens (including phenoxy) is 2. The van der Waals surface area contributed by atoms with E-state index in [-0.39, 0.29) is 11.5 Å². The predicted octanol–water partition coefficient (Wildman–Crippen LogP) is 4.19. The summed E-state index contributed by atoms with van der Waals surface area (Å²) in [5, 5.41) is 5.32. The molecule has 8 heteroatoms. The van der Waals surface area contributed by atoms with Crippen molar-refractivity contribution in [1.29, 1.82) is 0 Å². The molecule has 0 spiro atoms. The molecule has 0 radical (unpaired) electrons. The first-order valence-electron chi connectivity index (χ1n) is 9.65. The van der Waals surface area contributed by atoms with Crippen LogP contribution in [0.5, 0.6) is 5.75 Å². The molecule has 3 aromatic carbocycles. The molecule has 0 aliphatic carbocycles. The summed E-state index contributed by atoms with van der Waals surface area (Å²) in [6, 6.07) is 17.1. The van der Waals surface area contributed by atoms with E-state index in [1.807, 2.05) is 0 Å². The molecule has 0 saturated heterocycles. The van der Waals surface area contributed by atoms with Crippen molar-refractivity contribution < 1.29 is 28.2 Å². The molecule has 2 N–H and O–H groups in total. The maximum Gasteiger partial charge on any atom is 0.338 e. The lowest BCUT2D eigenvalue weighted by Gasteiger charge is -2.10. The first-order valence-corrected chi connectivity index (χ1v) is 9.65. The van der Waals surface area contributed by atoms with E-state index in [2.05, 4.69) is 10.6 Å². The summed E-state index contributed by atoms with van der Waals surface area (Å²) in [6.45, 7) is 1.04. The number of para-hydroxylation sites is 2. The lowest BCUT2D eigenvalue weighted by molar-refractivity contribution is -0.119. The average Bonchev–Trinajstić information content (AvgIpc) is 2.80. The number of aryl methyl sites for hydroxylation is 1. The number of carbonyl (C=O) groups excluding carboxylic acids is 3. The summed E-state index contributed by atoms with van der Waals surface area (Å²) in [5.74, 6) is -1.71. The van der Waals surface area contributed by atoms with E-state index in [1.165, 1.54) is 19.2 Å². The van der Waals surface area contributed by atoms with Crippen LogP contribution in [-0.2, 0) is 9.53 Å². The number of benzene rings is 3. The van der Waals surface area contributed by atoms with Crippen LogP contribution in [0.1, 0.15) is 26.3 Å². The average molecular weight is 436 g/mol. The number of nitrogens with one attached hydrogen (secondary N) is 2. The van der Waals surface area contributed by atoms with Gasteiger partial charge >= 0.3 is 5.97 Å². The summed E-state index contributed by atoms with van der Waals surface area (Å²) < 4.78 is 23.7. The number of hydrogen-bond donors (Lipinski definition) is 2. The van der Waals surface area contributed by atoms with Crippen molar-refractivity contribution in [1.82, 2.24) is 0 Å². The number of amides is 2. The van der Waals surface area contributed by atoms with Gasteiger partial charge in [-0.1, -0.05) is 18.2 Å². The molecule has 0 unspecified atom stereocenters. The van der Waals surface area contributed by atoms with Crippen LogP contribution in [0.2, 0.25) is 0 Å². The minimum Gasteiger partial charge on any atom is -0.495 e. The topological polar surface area (TPSA) is 93.7 Å². The van der Waals surface area contributed by atoms with Gasteiger partial charge in [0.1, 0.15) is 11.6 Å². The third kappa shape index (κ3) is 5.69. The zero-order valence-electron chi connectivity index (χ0n) is 17.5. The highest BCUT2D eigenvalue weighted by Gasteiger charge is 2.13. The highest BCUT2D eigenvalue weighted by molar-refractivity contribution is 6.05.